The van der Waals surface area contributed by atoms with E-state index in [9.17, 15) is 13.2 Å². The van der Waals surface area contributed by atoms with E-state index in [1.165, 1.54) is 32.6 Å². The Morgan fingerprint density at radius 2 is 1.85 bits per heavy atom. The fourth-order valence-corrected chi connectivity index (χ4v) is 3.00. The number of sulfonamides is 1. The lowest BCUT2D eigenvalue weighted by atomic mass is 10.2. The Kier molecular flexibility index (Phi) is 6.70. The van der Waals surface area contributed by atoms with E-state index in [2.05, 4.69) is 15.2 Å². The molecule has 1 amide bonds. The van der Waals surface area contributed by atoms with Crippen LogP contribution in [0.4, 0.5) is 0 Å². The summed E-state index contributed by atoms with van der Waals surface area (Å²) in [6.45, 7) is -0.441. The summed E-state index contributed by atoms with van der Waals surface area (Å²) < 4.78 is 36.6. The van der Waals surface area contributed by atoms with E-state index < -0.39 is 22.5 Å². The summed E-state index contributed by atoms with van der Waals surface area (Å²) in [5.41, 5.74) is 2.85. The van der Waals surface area contributed by atoms with Gasteiger partial charge in [0.05, 0.1) is 31.9 Å². The zero-order valence-electron chi connectivity index (χ0n) is 14.3. The molecule has 0 atom stereocenters. The molecule has 0 aliphatic rings. The Bertz CT molecular complexity index is 883. The molecule has 138 valence electrons. The minimum atomic E-state index is -3.75. The first kappa shape index (κ1) is 19.4. The summed E-state index contributed by atoms with van der Waals surface area (Å²) >= 11 is 0. The van der Waals surface area contributed by atoms with Crippen molar-refractivity contribution in [3.63, 3.8) is 0 Å². The van der Waals surface area contributed by atoms with Crippen LogP contribution in [0.3, 0.4) is 0 Å². The van der Waals surface area contributed by atoms with Gasteiger partial charge in [0.15, 0.2) is 0 Å². The number of benzene rings is 2. The lowest BCUT2D eigenvalue weighted by Crippen LogP contribution is -2.34. The lowest BCUT2D eigenvalue weighted by Gasteiger charge is -2.07. The molecule has 0 saturated carbocycles. The molecule has 2 aromatic rings. The van der Waals surface area contributed by atoms with Crippen molar-refractivity contribution >= 4 is 22.1 Å². The Hall–Kier alpha value is -2.91. The molecule has 0 bridgehead atoms. The van der Waals surface area contributed by atoms with E-state index in [1.807, 2.05) is 0 Å². The Morgan fingerprint density at radius 1 is 1.12 bits per heavy atom. The summed E-state index contributed by atoms with van der Waals surface area (Å²) in [7, 11) is -0.710. The van der Waals surface area contributed by atoms with Crippen molar-refractivity contribution in [2.24, 2.45) is 5.10 Å². The molecule has 8 nitrogen and oxygen atoms in total. The van der Waals surface area contributed by atoms with Gasteiger partial charge >= 0.3 is 0 Å². The minimum Gasteiger partial charge on any atom is -0.497 e. The average Bonchev–Trinajstić information content (AvgIpc) is 2.67. The number of methoxy groups -OCH3 is 2. The number of amides is 1. The standard InChI is InChI=1S/C17H19N3O5S/c1-24-14-8-9-16(25-2)13(10-14)11-18-20-17(21)12-19-26(22,23)15-6-4-3-5-7-15/h3-11,19H,12H2,1-2H3,(H,20,21)/b18-11-. The smallest absolute Gasteiger partial charge is 0.255 e. The van der Waals surface area contributed by atoms with Crippen LogP contribution in [0.5, 0.6) is 11.5 Å². The van der Waals surface area contributed by atoms with E-state index in [0.717, 1.165) is 0 Å². The number of nitrogens with one attached hydrogen (secondary N) is 2. The van der Waals surface area contributed by atoms with Crippen molar-refractivity contribution in [3.8, 4) is 11.5 Å². The molecule has 0 aliphatic carbocycles. The molecule has 9 heteroatoms. The van der Waals surface area contributed by atoms with Crippen LogP contribution in [-0.4, -0.2) is 41.3 Å². The molecule has 0 unspecified atom stereocenters. The Morgan fingerprint density at radius 3 is 2.50 bits per heavy atom. The van der Waals surface area contributed by atoms with Crippen molar-refractivity contribution in [3.05, 3.63) is 54.1 Å². The zero-order chi connectivity index (χ0) is 19.0. The van der Waals surface area contributed by atoms with Crippen LogP contribution in [-0.2, 0) is 14.8 Å². The van der Waals surface area contributed by atoms with E-state index >= 15 is 0 Å². The Balaban J connectivity index is 1.94. The van der Waals surface area contributed by atoms with Crippen molar-refractivity contribution in [2.75, 3.05) is 20.8 Å². The second-order valence-corrected chi connectivity index (χ2v) is 6.81. The van der Waals surface area contributed by atoms with Crippen molar-refractivity contribution < 1.29 is 22.7 Å². The fourth-order valence-electron chi connectivity index (χ4n) is 2.00. The first-order valence-electron chi connectivity index (χ1n) is 7.55. The normalized spacial score (nSPS) is 11.3. The van der Waals surface area contributed by atoms with Crippen molar-refractivity contribution in [1.82, 2.24) is 10.1 Å². The largest absolute Gasteiger partial charge is 0.497 e. The third-order valence-corrected chi connectivity index (χ3v) is 4.72. The minimum absolute atomic E-state index is 0.0809. The van der Waals surface area contributed by atoms with Crippen LogP contribution in [0, 0.1) is 0 Å². The molecule has 0 spiro atoms. The summed E-state index contributed by atoms with van der Waals surface area (Å²) in [5.74, 6) is 0.547. The maximum atomic E-state index is 12.0. The second kappa shape index (κ2) is 8.97. The first-order valence-corrected chi connectivity index (χ1v) is 9.03. The second-order valence-electron chi connectivity index (χ2n) is 5.04. The molecular weight excluding hydrogens is 358 g/mol. The highest BCUT2D eigenvalue weighted by Crippen LogP contribution is 2.22. The number of hydrazone groups is 1. The summed E-state index contributed by atoms with van der Waals surface area (Å²) in [6, 6.07) is 12.9. The monoisotopic (exact) mass is 377 g/mol. The molecule has 0 fully saturated rings. The van der Waals surface area contributed by atoms with Gasteiger partial charge in [-0.05, 0) is 30.3 Å². The van der Waals surface area contributed by atoms with Crippen LogP contribution in [0.1, 0.15) is 5.56 Å². The van der Waals surface area contributed by atoms with Gasteiger partial charge in [-0.2, -0.15) is 5.10 Å². The highest BCUT2D eigenvalue weighted by atomic mass is 32.2. The zero-order valence-corrected chi connectivity index (χ0v) is 15.1. The summed E-state index contributed by atoms with van der Waals surface area (Å²) in [5, 5.41) is 3.80. The molecule has 0 aromatic heterocycles. The molecule has 2 aromatic carbocycles. The number of hydrogen-bond donors (Lipinski definition) is 2. The molecule has 2 N–H and O–H groups in total. The molecule has 0 heterocycles. The SMILES string of the molecule is COc1ccc(OC)c(/C=N\NC(=O)CNS(=O)(=O)c2ccccc2)c1. The number of nitrogens with zero attached hydrogens (tertiary/aromatic N) is 1. The molecule has 2 rings (SSSR count). The predicted molar refractivity (Wildman–Crippen MR) is 96.9 cm³/mol. The predicted octanol–water partition coefficient (Wildman–Crippen LogP) is 1.13. The topological polar surface area (TPSA) is 106 Å². The lowest BCUT2D eigenvalue weighted by molar-refractivity contribution is -0.119. The van der Waals surface area contributed by atoms with Gasteiger partial charge in [-0.15, -0.1) is 0 Å². The van der Waals surface area contributed by atoms with E-state index in [-0.39, 0.29) is 4.90 Å². The average molecular weight is 377 g/mol. The molecular formula is C17H19N3O5S. The van der Waals surface area contributed by atoms with E-state index in [4.69, 9.17) is 9.47 Å². The quantitative estimate of drug-likeness (QED) is 0.530. The summed E-state index contributed by atoms with van der Waals surface area (Å²) in [4.78, 5) is 11.9. The van der Waals surface area contributed by atoms with Gasteiger partial charge in [0.2, 0.25) is 10.0 Å². The van der Waals surface area contributed by atoms with Crippen LogP contribution in [0.15, 0.2) is 58.5 Å². The van der Waals surface area contributed by atoms with Gasteiger partial charge in [0.25, 0.3) is 5.91 Å². The van der Waals surface area contributed by atoms with Crippen molar-refractivity contribution in [2.45, 2.75) is 4.90 Å². The number of rotatable bonds is 8. The number of hydrogen-bond acceptors (Lipinski definition) is 6. The molecule has 0 aliphatic heterocycles. The van der Waals surface area contributed by atoms with Gasteiger partial charge in [-0.3, -0.25) is 4.79 Å². The third kappa shape index (κ3) is 5.30. The van der Waals surface area contributed by atoms with Gasteiger partial charge in [-0.1, -0.05) is 18.2 Å². The third-order valence-electron chi connectivity index (χ3n) is 3.31. The van der Waals surface area contributed by atoms with E-state index in [0.29, 0.717) is 17.1 Å². The summed E-state index contributed by atoms with van der Waals surface area (Å²) in [6.07, 6.45) is 1.38. The van der Waals surface area contributed by atoms with Gasteiger partial charge in [0, 0.05) is 5.56 Å². The Labute approximate surface area is 151 Å². The highest BCUT2D eigenvalue weighted by Gasteiger charge is 2.14. The number of carbonyl (C=O) groups is 1. The fraction of sp³-hybridized carbons (Fsp3) is 0.176. The highest BCUT2D eigenvalue weighted by molar-refractivity contribution is 7.89. The molecule has 26 heavy (non-hydrogen) atoms. The first-order chi connectivity index (χ1) is 12.5. The van der Waals surface area contributed by atoms with Crippen LogP contribution >= 0.6 is 0 Å². The van der Waals surface area contributed by atoms with Crippen LogP contribution < -0.4 is 19.6 Å². The van der Waals surface area contributed by atoms with Crippen LogP contribution in [0.25, 0.3) is 0 Å². The maximum absolute atomic E-state index is 12.0. The maximum Gasteiger partial charge on any atom is 0.255 e. The number of carbonyl (C=O) groups excluding carboxylic acids is 1. The van der Waals surface area contributed by atoms with Gasteiger partial charge < -0.3 is 9.47 Å². The van der Waals surface area contributed by atoms with Crippen molar-refractivity contribution in [1.29, 1.82) is 0 Å². The van der Waals surface area contributed by atoms with Gasteiger partial charge in [0.1, 0.15) is 11.5 Å². The molecule has 0 saturated heterocycles. The molecule has 0 radical (unpaired) electrons. The van der Waals surface area contributed by atoms with E-state index in [1.54, 1.807) is 36.4 Å². The van der Waals surface area contributed by atoms with Crippen LogP contribution in [0.2, 0.25) is 0 Å². The number of ether oxygens (including phenoxy) is 2. The van der Waals surface area contributed by atoms with Gasteiger partial charge in [-0.25, -0.2) is 18.6 Å².